The van der Waals surface area contributed by atoms with Gasteiger partial charge in [-0.2, -0.15) is 0 Å². The van der Waals surface area contributed by atoms with Crippen LogP contribution in [0.2, 0.25) is 0 Å². The van der Waals surface area contributed by atoms with E-state index in [1.54, 1.807) is 11.3 Å². The van der Waals surface area contributed by atoms with Gasteiger partial charge in [-0.15, -0.1) is 22.7 Å². The maximum atomic E-state index is 12.7. The van der Waals surface area contributed by atoms with E-state index in [0.29, 0.717) is 5.69 Å². The number of benzene rings is 1. The van der Waals surface area contributed by atoms with E-state index < -0.39 is 0 Å². The van der Waals surface area contributed by atoms with E-state index in [-0.39, 0.29) is 11.9 Å². The van der Waals surface area contributed by atoms with Crippen LogP contribution in [-0.4, -0.2) is 20.3 Å². The van der Waals surface area contributed by atoms with Crippen molar-refractivity contribution in [2.75, 3.05) is 0 Å². The summed E-state index contributed by atoms with van der Waals surface area (Å²) >= 11 is 3.05. The van der Waals surface area contributed by atoms with Gasteiger partial charge in [-0.1, -0.05) is 24.3 Å². The van der Waals surface area contributed by atoms with Crippen molar-refractivity contribution >= 4 is 33.5 Å². The molecule has 0 spiro atoms. The van der Waals surface area contributed by atoms with E-state index in [1.807, 2.05) is 53.4 Å². The number of nitrogens with one attached hydrogen (secondary N) is 1. The summed E-state index contributed by atoms with van der Waals surface area (Å²) in [5, 5.41) is 7.85. The molecular weight excluding hydrogens is 364 g/mol. The molecule has 4 rings (SSSR count). The average Bonchev–Trinajstić information content (AvgIpc) is 3.30. The van der Waals surface area contributed by atoms with E-state index >= 15 is 0 Å². The molecule has 4 aromatic rings. The molecule has 0 bridgehead atoms. The summed E-state index contributed by atoms with van der Waals surface area (Å²) in [6.07, 6.45) is 1.93. The van der Waals surface area contributed by atoms with Crippen molar-refractivity contribution in [3.63, 3.8) is 0 Å². The molecule has 0 aliphatic rings. The minimum atomic E-state index is -0.137. The topological polar surface area (TPSA) is 59.3 Å². The molecule has 3 aromatic heterocycles. The molecule has 0 fully saturated rings. The van der Waals surface area contributed by atoms with Gasteiger partial charge in [-0.3, -0.25) is 9.20 Å². The van der Waals surface area contributed by atoms with Gasteiger partial charge in [0.05, 0.1) is 22.4 Å². The average molecular weight is 383 g/mol. The zero-order chi connectivity index (χ0) is 18.3. The number of aryl methyl sites for hydroxylation is 2. The Morgan fingerprint density at radius 3 is 2.69 bits per heavy atom. The fourth-order valence-corrected chi connectivity index (χ4v) is 4.42. The highest BCUT2D eigenvalue weighted by Gasteiger charge is 2.19. The highest BCUT2D eigenvalue weighted by atomic mass is 32.1. The summed E-state index contributed by atoms with van der Waals surface area (Å²) in [6, 6.07) is 7.99. The van der Waals surface area contributed by atoms with Crippen LogP contribution in [0.4, 0.5) is 0 Å². The lowest BCUT2D eigenvalue weighted by molar-refractivity contribution is 0.0933. The molecule has 132 valence electrons. The summed E-state index contributed by atoms with van der Waals surface area (Å²) in [7, 11) is 0. The number of aromatic nitrogens is 3. The summed E-state index contributed by atoms with van der Waals surface area (Å²) in [5.41, 5.74) is 4.61. The molecule has 0 saturated heterocycles. The summed E-state index contributed by atoms with van der Waals surface area (Å²) in [6.45, 7) is 5.97. The van der Waals surface area contributed by atoms with Crippen LogP contribution in [0, 0.1) is 13.8 Å². The quantitative estimate of drug-likeness (QED) is 0.560. The summed E-state index contributed by atoms with van der Waals surface area (Å²) in [5.74, 6) is -0.122. The summed E-state index contributed by atoms with van der Waals surface area (Å²) in [4.78, 5) is 22.7. The second-order valence-electron chi connectivity index (χ2n) is 6.20. The van der Waals surface area contributed by atoms with Gasteiger partial charge >= 0.3 is 0 Å². The molecule has 26 heavy (non-hydrogen) atoms. The van der Waals surface area contributed by atoms with Crippen molar-refractivity contribution in [1.82, 2.24) is 19.7 Å². The van der Waals surface area contributed by atoms with Gasteiger partial charge in [0.25, 0.3) is 5.91 Å². The number of hydrogen-bond acceptors (Lipinski definition) is 5. The van der Waals surface area contributed by atoms with Gasteiger partial charge in [0, 0.05) is 22.5 Å². The maximum Gasteiger partial charge on any atom is 0.269 e. The smallest absolute Gasteiger partial charge is 0.269 e. The highest BCUT2D eigenvalue weighted by Crippen LogP contribution is 2.26. The van der Waals surface area contributed by atoms with Crippen molar-refractivity contribution < 1.29 is 4.79 Å². The van der Waals surface area contributed by atoms with Crippen molar-refractivity contribution in [2.45, 2.75) is 26.8 Å². The third kappa shape index (κ3) is 3.04. The SMILES string of the molecule is Cc1nc([C@@H](C)NC(=O)c2csc3nc(-c4ccccc4C)cn23)cs1. The molecule has 7 heteroatoms. The van der Waals surface area contributed by atoms with Gasteiger partial charge in [0.1, 0.15) is 5.69 Å². The molecule has 1 atom stereocenters. The van der Waals surface area contributed by atoms with Gasteiger partial charge in [0.15, 0.2) is 4.96 Å². The van der Waals surface area contributed by atoms with Crippen LogP contribution >= 0.6 is 22.7 Å². The van der Waals surface area contributed by atoms with Crippen LogP contribution in [0.25, 0.3) is 16.2 Å². The molecule has 0 aliphatic carbocycles. The Hall–Kier alpha value is -2.51. The fraction of sp³-hybridized carbons (Fsp3) is 0.211. The number of nitrogens with zero attached hydrogens (tertiary/aromatic N) is 3. The monoisotopic (exact) mass is 382 g/mol. The predicted octanol–water partition coefficient (Wildman–Crippen LogP) is 4.63. The lowest BCUT2D eigenvalue weighted by atomic mass is 10.1. The minimum absolute atomic E-state index is 0.122. The molecule has 1 amide bonds. The lowest BCUT2D eigenvalue weighted by Gasteiger charge is -2.11. The van der Waals surface area contributed by atoms with Gasteiger partial charge in [-0.05, 0) is 26.3 Å². The zero-order valence-corrected chi connectivity index (χ0v) is 16.3. The first kappa shape index (κ1) is 16.9. The van der Waals surface area contributed by atoms with Crippen LogP contribution in [0.3, 0.4) is 0 Å². The number of imidazole rings is 1. The number of thiazole rings is 2. The lowest BCUT2D eigenvalue weighted by Crippen LogP contribution is -2.27. The number of carbonyl (C=O) groups excluding carboxylic acids is 1. The second kappa shape index (κ2) is 6.66. The number of carbonyl (C=O) groups is 1. The Bertz CT molecular complexity index is 1090. The minimum Gasteiger partial charge on any atom is -0.343 e. The fourth-order valence-electron chi connectivity index (χ4n) is 2.86. The van der Waals surface area contributed by atoms with Gasteiger partial charge in [-0.25, -0.2) is 9.97 Å². The predicted molar refractivity (Wildman–Crippen MR) is 106 cm³/mol. The van der Waals surface area contributed by atoms with Crippen molar-refractivity contribution in [3.8, 4) is 11.3 Å². The number of fused-ring (bicyclic) bond motifs is 1. The number of amides is 1. The van der Waals surface area contributed by atoms with Crippen LogP contribution in [0.5, 0.6) is 0 Å². The number of rotatable bonds is 4. The third-order valence-electron chi connectivity index (χ3n) is 4.29. The van der Waals surface area contributed by atoms with E-state index in [1.165, 1.54) is 11.3 Å². The molecule has 0 aliphatic heterocycles. The molecule has 0 unspecified atom stereocenters. The Kier molecular flexibility index (Phi) is 4.34. The highest BCUT2D eigenvalue weighted by molar-refractivity contribution is 7.15. The second-order valence-corrected chi connectivity index (χ2v) is 8.10. The van der Waals surface area contributed by atoms with E-state index in [2.05, 4.69) is 28.3 Å². The Morgan fingerprint density at radius 2 is 1.96 bits per heavy atom. The molecule has 3 heterocycles. The molecule has 1 aromatic carbocycles. The number of hydrogen-bond donors (Lipinski definition) is 1. The first-order chi connectivity index (χ1) is 12.5. The maximum absolute atomic E-state index is 12.7. The normalized spacial score (nSPS) is 12.4. The van der Waals surface area contributed by atoms with Gasteiger partial charge in [0.2, 0.25) is 0 Å². The molecule has 5 nitrogen and oxygen atoms in total. The van der Waals surface area contributed by atoms with E-state index in [0.717, 1.165) is 32.5 Å². The first-order valence-electron chi connectivity index (χ1n) is 8.28. The van der Waals surface area contributed by atoms with E-state index in [4.69, 9.17) is 0 Å². The van der Waals surface area contributed by atoms with Crippen LogP contribution in [0.15, 0.2) is 41.2 Å². The largest absolute Gasteiger partial charge is 0.343 e. The standard InChI is InChI=1S/C19H18N4OS2/c1-11-6-4-5-7-14(11)15-8-23-17(10-26-19(23)22-15)18(24)20-12(2)16-9-25-13(3)21-16/h4-10,12H,1-3H3,(H,20,24)/t12-/m1/s1. The zero-order valence-electron chi connectivity index (χ0n) is 14.7. The Balaban J connectivity index is 1.62. The van der Waals surface area contributed by atoms with E-state index in [9.17, 15) is 4.79 Å². The van der Waals surface area contributed by atoms with Crippen molar-refractivity contribution in [3.05, 3.63) is 63.2 Å². The Labute approximate surface area is 159 Å². The summed E-state index contributed by atoms with van der Waals surface area (Å²) < 4.78 is 1.86. The van der Waals surface area contributed by atoms with Crippen molar-refractivity contribution in [1.29, 1.82) is 0 Å². The molecular formula is C19H18N4OS2. The first-order valence-corrected chi connectivity index (χ1v) is 10.0. The molecule has 1 N–H and O–H groups in total. The van der Waals surface area contributed by atoms with Crippen LogP contribution in [0.1, 0.15) is 39.7 Å². The van der Waals surface area contributed by atoms with Crippen molar-refractivity contribution in [2.24, 2.45) is 0 Å². The van der Waals surface area contributed by atoms with Crippen LogP contribution in [-0.2, 0) is 0 Å². The molecule has 0 radical (unpaired) electrons. The third-order valence-corrected chi connectivity index (χ3v) is 5.92. The van der Waals surface area contributed by atoms with Gasteiger partial charge < -0.3 is 5.32 Å². The van der Waals surface area contributed by atoms with Crippen LogP contribution < -0.4 is 5.32 Å². The molecule has 0 saturated carbocycles. The Morgan fingerprint density at radius 1 is 1.15 bits per heavy atom.